The van der Waals surface area contributed by atoms with Crippen molar-refractivity contribution in [2.45, 2.75) is 19.8 Å². The van der Waals surface area contributed by atoms with Crippen LogP contribution >= 0.6 is 0 Å². The predicted octanol–water partition coefficient (Wildman–Crippen LogP) is 1.08. The van der Waals surface area contributed by atoms with Crippen molar-refractivity contribution in [3.05, 3.63) is 42.0 Å². The van der Waals surface area contributed by atoms with Crippen LogP contribution in [0.15, 0.2) is 36.4 Å². The van der Waals surface area contributed by atoms with Crippen LogP contribution in [0.25, 0.3) is 6.08 Å². The molecule has 0 spiro atoms. The van der Waals surface area contributed by atoms with Crippen molar-refractivity contribution in [2.75, 3.05) is 39.8 Å². The van der Waals surface area contributed by atoms with Crippen molar-refractivity contribution >= 4 is 29.8 Å². The molecule has 1 aromatic carbocycles. The zero-order valence-electron chi connectivity index (χ0n) is 17.5. The lowest BCUT2D eigenvalue weighted by Crippen LogP contribution is -2.47. The number of benzene rings is 1. The summed E-state index contributed by atoms with van der Waals surface area (Å²) in [5, 5.41) is 2.52. The number of carbonyl (C=O) groups excluding carboxylic acids is 4. The molecule has 0 unspecified atom stereocenters. The van der Waals surface area contributed by atoms with Crippen molar-refractivity contribution in [3.63, 3.8) is 0 Å². The molecule has 1 aliphatic heterocycles. The lowest BCUT2D eigenvalue weighted by molar-refractivity contribution is -0.151. The van der Waals surface area contributed by atoms with Crippen molar-refractivity contribution in [2.24, 2.45) is 5.92 Å². The van der Waals surface area contributed by atoms with Crippen LogP contribution in [0.3, 0.4) is 0 Å². The molecule has 1 aliphatic rings. The topological polar surface area (TPSA) is 96.0 Å². The van der Waals surface area contributed by atoms with Gasteiger partial charge in [0.1, 0.15) is 0 Å². The molecule has 1 heterocycles. The predicted molar refractivity (Wildman–Crippen MR) is 112 cm³/mol. The molecule has 1 N–H and O–H groups in total. The Morgan fingerprint density at radius 1 is 1.17 bits per heavy atom. The molecule has 1 fully saturated rings. The SMILES string of the molecule is CCOC(=O)C1CCN(C(=O)CN(C)C(=O)CNC(=O)/C=C/c2ccccc2)CC1. The Morgan fingerprint density at radius 3 is 2.47 bits per heavy atom. The molecule has 162 valence electrons. The van der Waals surface area contributed by atoms with E-state index in [1.807, 2.05) is 30.3 Å². The summed E-state index contributed by atoms with van der Waals surface area (Å²) in [6.45, 7) is 2.79. The van der Waals surface area contributed by atoms with E-state index < -0.39 is 0 Å². The molecule has 0 saturated carbocycles. The normalized spacial score (nSPS) is 14.4. The van der Waals surface area contributed by atoms with Gasteiger partial charge in [-0.25, -0.2) is 0 Å². The van der Waals surface area contributed by atoms with Gasteiger partial charge in [0.25, 0.3) is 0 Å². The average Bonchev–Trinajstić information content (AvgIpc) is 2.76. The maximum Gasteiger partial charge on any atom is 0.309 e. The highest BCUT2D eigenvalue weighted by atomic mass is 16.5. The fourth-order valence-corrected chi connectivity index (χ4v) is 3.11. The molecule has 0 aromatic heterocycles. The second-order valence-electron chi connectivity index (χ2n) is 7.12. The van der Waals surface area contributed by atoms with Crippen LogP contribution in [0.1, 0.15) is 25.3 Å². The summed E-state index contributed by atoms with van der Waals surface area (Å²) in [4.78, 5) is 51.2. The lowest BCUT2D eigenvalue weighted by Gasteiger charge is -2.32. The molecule has 0 radical (unpaired) electrons. The van der Waals surface area contributed by atoms with Gasteiger partial charge in [-0.15, -0.1) is 0 Å². The first-order valence-corrected chi connectivity index (χ1v) is 10.1. The van der Waals surface area contributed by atoms with Gasteiger partial charge in [-0.3, -0.25) is 19.2 Å². The summed E-state index contributed by atoms with van der Waals surface area (Å²) in [5.41, 5.74) is 0.883. The molecule has 0 bridgehead atoms. The standard InChI is InChI=1S/C22H29N3O5/c1-3-30-22(29)18-11-13-25(14-12-18)21(28)16-24(2)20(27)15-23-19(26)10-9-17-7-5-4-6-8-17/h4-10,18H,3,11-16H2,1-2H3,(H,23,26)/b10-9+. The summed E-state index contributed by atoms with van der Waals surface area (Å²) in [6.07, 6.45) is 4.15. The molecule has 1 aromatic rings. The minimum atomic E-state index is -0.382. The number of piperidine rings is 1. The number of hydrogen-bond donors (Lipinski definition) is 1. The van der Waals surface area contributed by atoms with Crippen LogP contribution in [0.4, 0.5) is 0 Å². The van der Waals surface area contributed by atoms with Gasteiger partial charge < -0.3 is 19.9 Å². The molecular weight excluding hydrogens is 386 g/mol. The van der Waals surface area contributed by atoms with E-state index in [-0.39, 0.29) is 42.7 Å². The zero-order chi connectivity index (χ0) is 21.9. The second kappa shape index (κ2) is 11.7. The van der Waals surface area contributed by atoms with E-state index in [4.69, 9.17) is 4.74 Å². The van der Waals surface area contributed by atoms with Gasteiger partial charge in [-0.1, -0.05) is 30.3 Å². The largest absolute Gasteiger partial charge is 0.466 e. The highest BCUT2D eigenvalue weighted by Gasteiger charge is 2.28. The first-order chi connectivity index (χ1) is 14.4. The molecule has 1 saturated heterocycles. The van der Waals surface area contributed by atoms with Crippen LogP contribution in [-0.4, -0.2) is 73.3 Å². The minimum absolute atomic E-state index is 0.0708. The Labute approximate surface area is 176 Å². The molecule has 8 heteroatoms. The van der Waals surface area contributed by atoms with Crippen LogP contribution in [0, 0.1) is 5.92 Å². The number of carbonyl (C=O) groups is 4. The van der Waals surface area contributed by atoms with Crippen molar-refractivity contribution in [1.29, 1.82) is 0 Å². The first-order valence-electron chi connectivity index (χ1n) is 10.1. The maximum absolute atomic E-state index is 12.4. The Bertz CT molecular complexity index is 770. The summed E-state index contributed by atoms with van der Waals surface area (Å²) in [7, 11) is 1.53. The lowest BCUT2D eigenvalue weighted by atomic mass is 9.97. The number of hydrogen-bond acceptors (Lipinski definition) is 5. The van der Waals surface area contributed by atoms with Crippen molar-refractivity contribution < 1.29 is 23.9 Å². The van der Waals surface area contributed by atoms with Crippen LogP contribution in [-0.2, 0) is 23.9 Å². The van der Waals surface area contributed by atoms with E-state index in [0.29, 0.717) is 32.5 Å². The number of esters is 1. The van der Waals surface area contributed by atoms with E-state index in [1.54, 1.807) is 17.9 Å². The van der Waals surface area contributed by atoms with E-state index in [2.05, 4.69) is 5.32 Å². The van der Waals surface area contributed by atoms with E-state index in [1.165, 1.54) is 18.0 Å². The second-order valence-corrected chi connectivity index (χ2v) is 7.12. The molecule has 0 aliphatic carbocycles. The van der Waals surface area contributed by atoms with Crippen LogP contribution in [0.5, 0.6) is 0 Å². The molecule has 8 nitrogen and oxygen atoms in total. The highest BCUT2D eigenvalue weighted by molar-refractivity contribution is 5.94. The Balaban J connectivity index is 1.71. The van der Waals surface area contributed by atoms with Gasteiger partial charge in [0.05, 0.1) is 25.6 Å². The maximum atomic E-state index is 12.4. The van der Waals surface area contributed by atoms with Crippen LogP contribution < -0.4 is 5.32 Å². The van der Waals surface area contributed by atoms with Crippen molar-refractivity contribution in [3.8, 4) is 0 Å². The number of ether oxygens (including phenoxy) is 1. The molecule has 30 heavy (non-hydrogen) atoms. The number of amides is 3. The monoisotopic (exact) mass is 415 g/mol. The molecule has 0 atom stereocenters. The zero-order valence-corrected chi connectivity index (χ0v) is 17.5. The van der Waals surface area contributed by atoms with Gasteiger partial charge in [0.2, 0.25) is 17.7 Å². The molecule has 3 amide bonds. The number of nitrogens with zero attached hydrogens (tertiary/aromatic N) is 2. The quantitative estimate of drug-likeness (QED) is 0.506. The van der Waals surface area contributed by atoms with E-state index in [0.717, 1.165) is 5.56 Å². The van der Waals surface area contributed by atoms with Gasteiger partial charge in [-0.2, -0.15) is 0 Å². The smallest absolute Gasteiger partial charge is 0.309 e. The Hall–Kier alpha value is -3.16. The van der Waals surface area contributed by atoms with E-state index >= 15 is 0 Å². The summed E-state index contributed by atoms with van der Waals surface area (Å²) < 4.78 is 5.03. The van der Waals surface area contributed by atoms with Gasteiger partial charge >= 0.3 is 5.97 Å². The first kappa shape index (κ1) is 23.1. The highest BCUT2D eigenvalue weighted by Crippen LogP contribution is 2.18. The average molecular weight is 415 g/mol. The summed E-state index contributed by atoms with van der Waals surface area (Å²) >= 11 is 0. The van der Waals surface area contributed by atoms with Crippen LogP contribution in [0.2, 0.25) is 0 Å². The fraction of sp³-hybridized carbons (Fsp3) is 0.455. The summed E-state index contributed by atoms with van der Waals surface area (Å²) in [6, 6.07) is 9.35. The molecule has 2 rings (SSSR count). The van der Waals surface area contributed by atoms with E-state index in [9.17, 15) is 19.2 Å². The third-order valence-electron chi connectivity index (χ3n) is 4.91. The Kier molecular flexibility index (Phi) is 9.05. The minimum Gasteiger partial charge on any atom is -0.466 e. The Morgan fingerprint density at radius 2 is 1.83 bits per heavy atom. The van der Waals surface area contributed by atoms with Crippen molar-refractivity contribution in [1.82, 2.24) is 15.1 Å². The summed E-state index contributed by atoms with van der Waals surface area (Å²) in [5.74, 6) is -1.30. The van der Waals surface area contributed by atoms with Gasteiger partial charge in [0, 0.05) is 26.2 Å². The number of likely N-dealkylation sites (N-methyl/N-ethyl adjacent to an activating group) is 1. The number of likely N-dealkylation sites (tertiary alicyclic amines) is 1. The fourth-order valence-electron chi connectivity index (χ4n) is 3.11. The molecular formula is C22H29N3O5. The van der Waals surface area contributed by atoms with Gasteiger partial charge in [-0.05, 0) is 31.4 Å². The number of rotatable bonds is 8. The third-order valence-corrected chi connectivity index (χ3v) is 4.91. The number of nitrogens with one attached hydrogen (secondary N) is 1. The van der Waals surface area contributed by atoms with Gasteiger partial charge in [0.15, 0.2) is 0 Å². The third kappa shape index (κ3) is 7.35.